The topological polar surface area (TPSA) is 50.2 Å². The maximum Gasteiger partial charge on any atom is 0.277 e. The normalized spacial score (nSPS) is 11.5. The smallest absolute Gasteiger partial charge is 0.277 e. The highest BCUT2D eigenvalue weighted by molar-refractivity contribution is 9.08. The standard InChI is InChI=1S/C11H6BrF2N3O/c12-3-5-1-2-7-9(8(5)14)16-11(18)10-6(13)4-15-17(7)10/h1-2,4H,3H2,(H,16,18). The number of alkyl halides is 1. The first-order chi connectivity index (χ1) is 8.63. The summed E-state index contributed by atoms with van der Waals surface area (Å²) in [4.78, 5) is 14.0. The molecule has 0 fully saturated rings. The van der Waals surface area contributed by atoms with Gasteiger partial charge in [0.1, 0.15) is 5.52 Å². The maximum atomic E-state index is 14.0. The molecule has 4 nitrogen and oxygen atoms in total. The summed E-state index contributed by atoms with van der Waals surface area (Å²) in [6.45, 7) is 0. The highest BCUT2D eigenvalue weighted by Crippen LogP contribution is 2.21. The zero-order chi connectivity index (χ0) is 12.9. The van der Waals surface area contributed by atoms with E-state index >= 15 is 0 Å². The maximum absolute atomic E-state index is 14.0. The molecular weight excluding hydrogens is 308 g/mol. The molecule has 3 rings (SSSR count). The second kappa shape index (κ2) is 3.88. The molecule has 2 aromatic heterocycles. The van der Waals surface area contributed by atoms with E-state index in [0.717, 1.165) is 10.7 Å². The quantitative estimate of drug-likeness (QED) is 0.701. The van der Waals surface area contributed by atoms with Crippen molar-refractivity contribution in [2.24, 2.45) is 0 Å². The molecule has 0 atom stereocenters. The van der Waals surface area contributed by atoms with Gasteiger partial charge in [-0.15, -0.1) is 0 Å². The number of fused-ring (bicyclic) bond motifs is 3. The minimum Gasteiger partial charge on any atom is -0.316 e. The number of aromatic nitrogens is 3. The van der Waals surface area contributed by atoms with E-state index < -0.39 is 17.2 Å². The van der Waals surface area contributed by atoms with E-state index in [1.54, 1.807) is 12.1 Å². The van der Waals surface area contributed by atoms with E-state index in [0.29, 0.717) is 16.4 Å². The molecule has 0 aliphatic carbocycles. The monoisotopic (exact) mass is 313 g/mol. The summed E-state index contributed by atoms with van der Waals surface area (Å²) >= 11 is 3.15. The van der Waals surface area contributed by atoms with Crippen LogP contribution in [0.3, 0.4) is 0 Å². The molecule has 92 valence electrons. The van der Waals surface area contributed by atoms with Crippen molar-refractivity contribution in [2.45, 2.75) is 5.33 Å². The van der Waals surface area contributed by atoms with E-state index in [1.165, 1.54) is 0 Å². The van der Waals surface area contributed by atoms with Gasteiger partial charge in [0.15, 0.2) is 17.2 Å². The Morgan fingerprint density at radius 2 is 2.17 bits per heavy atom. The fourth-order valence-electron chi connectivity index (χ4n) is 1.90. The SMILES string of the molecule is O=c1[nH]c2c(F)c(CBr)ccc2n2ncc(F)c12. The minimum atomic E-state index is -0.733. The zero-order valence-electron chi connectivity index (χ0n) is 8.88. The van der Waals surface area contributed by atoms with Crippen LogP contribution in [0.1, 0.15) is 5.56 Å². The number of nitrogens with zero attached hydrogens (tertiary/aromatic N) is 2. The van der Waals surface area contributed by atoms with Crippen molar-refractivity contribution in [1.29, 1.82) is 0 Å². The third-order valence-corrected chi connectivity index (χ3v) is 3.35. The Labute approximate surface area is 107 Å². The van der Waals surface area contributed by atoms with Crippen LogP contribution in [-0.2, 0) is 5.33 Å². The summed E-state index contributed by atoms with van der Waals surface area (Å²) in [5, 5.41) is 4.07. The molecule has 0 unspecified atom stereocenters. The summed E-state index contributed by atoms with van der Waals surface area (Å²) in [6, 6.07) is 3.15. The number of aromatic amines is 1. The molecular formula is C11H6BrF2N3O. The van der Waals surface area contributed by atoms with Crippen molar-refractivity contribution >= 4 is 32.5 Å². The average Bonchev–Trinajstić information content (AvgIpc) is 2.74. The summed E-state index contributed by atoms with van der Waals surface area (Å²) < 4.78 is 28.5. The van der Waals surface area contributed by atoms with Gasteiger partial charge in [-0.3, -0.25) is 4.79 Å². The third kappa shape index (κ3) is 1.40. The second-order valence-corrected chi connectivity index (χ2v) is 4.33. The number of hydrogen-bond donors (Lipinski definition) is 1. The summed E-state index contributed by atoms with van der Waals surface area (Å²) in [6.07, 6.45) is 0.931. The number of nitrogens with one attached hydrogen (secondary N) is 1. The lowest BCUT2D eigenvalue weighted by molar-refractivity contribution is 0.625. The van der Waals surface area contributed by atoms with E-state index in [2.05, 4.69) is 26.0 Å². The van der Waals surface area contributed by atoms with Crippen molar-refractivity contribution in [3.05, 3.63) is 45.9 Å². The van der Waals surface area contributed by atoms with Crippen molar-refractivity contribution < 1.29 is 8.78 Å². The van der Waals surface area contributed by atoms with Crippen LogP contribution in [0.25, 0.3) is 16.6 Å². The van der Waals surface area contributed by atoms with Crippen LogP contribution in [0.2, 0.25) is 0 Å². The van der Waals surface area contributed by atoms with Gasteiger partial charge >= 0.3 is 0 Å². The molecule has 0 aliphatic heterocycles. The molecule has 1 aromatic carbocycles. The largest absolute Gasteiger partial charge is 0.316 e. The van der Waals surface area contributed by atoms with Gasteiger partial charge in [-0.2, -0.15) is 5.10 Å². The second-order valence-electron chi connectivity index (χ2n) is 3.77. The molecule has 0 radical (unpaired) electrons. The van der Waals surface area contributed by atoms with E-state index in [-0.39, 0.29) is 11.0 Å². The van der Waals surface area contributed by atoms with Gasteiger partial charge in [-0.1, -0.05) is 22.0 Å². The number of rotatable bonds is 1. The molecule has 1 N–H and O–H groups in total. The Hall–Kier alpha value is -1.76. The summed E-state index contributed by atoms with van der Waals surface area (Å²) in [5.41, 5.74) is -0.176. The highest BCUT2D eigenvalue weighted by Gasteiger charge is 2.15. The molecule has 2 heterocycles. The van der Waals surface area contributed by atoms with Gasteiger partial charge in [-0.25, -0.2) is 13.3 Å². The molecule has 0 saturated carbocycles. The number of hydrogen-bond acceptors (Lipinski definition) is 2. The Morgan fingerprint density at radius 1 is 1.39 bits per heavy atom. The predicted octanol–water partition coefficient (Wildman–Crippen LogP) is 2.35. The first-order valence-corrected chi connectivity index (χ1v) is 6.18. The Balaban J connectivity index is 2.58. The average molecular weight is 314 g/mol. The van der Waals surface area contributed by atoms with Crippen molar-refractivity contribution in [3.8, 4) is 0 Å². The minimum absolute atomic E-state index is 0.0209. The van der Waals surface area contributed by atoms with Crippen molar-refractivity contribution in [2.75, 3.05) is 0 Å². The predicted molar refractivity (Wildman–Crippen MR) is 65.9 cm³/mol. The third-order valence-electron chi connectivity index (χ3n) is 2.75. The lowest BCUT2D eigenvalue weighted by Crippen LogP contribution is -2.13. The van der Waals surface area contributed by atoms with E-state index in [1.807, 2.05) is 0 Å². The van der Waals surface area contributed by atoms with Crippen LogP contribution < -0.4 is 5.56 Å². The Bertz CT molecular complexity index is 824. The summed E-state index contributed by atoms with van der Waals surface area (Å²) in [7, 11) is 0. The van der Waals surface area contributed by atoms with Crippen LogP contribution in [0.15, 0.2) is 23.1 Å². The van der Waals surface area contributed by atoms with Crippen molar-refractivity contribution in [1.82, 2.24) is 14.6 Å². The number of halogens is 3. The van der Waals surface area contributed by atoms with Crippen LogP contribution in [0.5, 0.6) is 0 Å². The summed E-state index contributed by atoms with van der Waals surface area (Å²) in [5.74, 6) is -1.28. The van der Waals surface area contributed by atoms with E-state index in [9.17, 15) is 13.6 Å². The van der Waals surface area contributed by atoms with Gasteiger partial charge in [0.25, 0.3) is 5.56 Å². The number of H-pyrrole nitrogens is 1. The van der Waals surface area contributed by atoms with Gasteiger partial charge in [-0.05, 0) is 6.07 Å². The van der Waals surface area contributed by atoms with Gasteiger partial charge in [0.2, 0.25) is 0 Å². The molecule has 18 heavy (non-hydrogen) atoms. The molecule has 0 amide bonds. The van der Waals surface area contributed by atoms with Crippen LogP contribution in [0.4, 0.5) is 8.78 Å². The van der Waals surface area contributed by atoms with Crippen LogP contribution in [-0.4, -0.2) is 14.6 Å². The van der Waals surface area contributed by atoms with Gasteiger partial charge < -0.3 is 4.98 Å². The number of benzene rings is 1. The van der Waals surface area contributed by atoms with Crippen LogP contribution >= 0.6 is 15.9 Å². The lowest BCUT2D eigenvalue weighted by Gasteiger charge is -2.05. The fraction of sp³-hybridized carbons (Fsp3) is 0.0909. The lowest BCUT2D eigenvalue weighted by atomic mass is 10.2. The van der Waals surface area contributed by atoms with Crippen LogP contribution in [0, 0.1) is 11.6 Å². The molecule has 0 aliphatic rings. The molecule has 0 bridgehead atoms. The highest BCUT2D eigenvalue weighted by atomic mass is 79.9. The first-order valence-electron chi connectivity index (χ1n) is 5.06. The molecule has 0 spiro atoms. The van der Waals surface area contributed by atoms with Gasteiger partial charge in [0.05, 0.1) is 11.7 Å². The van der Waals surface area contributed by atoms with Gasteiger partial charge in [0, 0.05) is 10.9 Å². The zero-order valence-corrected chi connectivity index (χ0v) is 10.5. The fourth-order valence-corrected chi connectivity index (χ4v) is 2.33. The first kappa shape index (κ1) is 11.3. The molecule has 0 saturated heterocycles. The molecule has 3 aromatic rings. The Kier molecular flexibility index (Phi) is 2.44. The van der Waals surface area contributed by atoms with Crippen molar-refractivity contribution in [3.63, 3.8) is 0 Å². The van der Waals surface area contributed by atoms with E-state index in [4.69, 9.17) is 0 Å². The molecule has 7 heteroatoms. The Morgan fingerprint density at radius 3 is 2.89 bits per heavy atom.